The minimum Gasteiger partial charge on any atom is -0.388 e. The van der Waals surface area contributed by atoms with Crippen LogP contribution in [-0.2, 0) is 0 Å². The Bertz CT molecular complexity index is 733. The molecule has 1 aliphatic carbocycles. The van der Waals surface area contributed by atoms with Gasteiger partial charge in [-0.2, -0.15) is 4.98 Å². The van der Waals surface area contributed by atoms with E-state index in [0.717, 1.165) is 30.7 Å². The molecule has 1 aliphatic rings. The summed E-state index contributed by atoms with van der Waals surface area (Å²) in [7, 11) is 0. The SMILES string of the molecule is CCC(C)C(C)(O)CNC(=O)c1ccc(-c2nc(C3CC3)no2)cc1. The Morgan fingerprint density at radius 1 is 1.40 bits per heavy atom. The van der Waals surface area contributed by atoms with Gasteiger partial charge in [-0.1, -0.05) is 25.4 Å². The summed E-state index contributed by atoms with van der Waals surface area (Å²) < 4.78 is 5.29. The van der Waals surface area contributed by atoms with Crippen LogP contribution in [0.4, 0.5) is 0 Å². The number of rotatable bonds is 7. The highest BCUT2D eigenvalue weighted by molar-refractivity contribution is 5.94. The maximum absolute atomic E-state index is 12.3. The van der Waals surface area contributed by atoms with E-state index >= 15 is 0 Å². The van der Waals surface area contributed by atoms with Crippen molar-refractivity contribution in [1.82, 2.24) is 15.5 Å². The third-order valence-corrected chi connectivity index (χ3v) is 5.06. The summed E-state index contributed by atoms with van der Waals surface area (Å²) in [6.07, 6.45) is 3.10. The van der Waals surface area contributed by atoms with E-state index in [9.17, 15) is 9.90 Å². The fraction of sp³-hybridized carbons (Fsp3) is 0.526. The van der Waals surface area contributed by atoms with Crippen molar-refractivity contribution < 1.29 is 14.4 Å². The number of aliphatic hydroxyl groups is 1. The zero-order valence-corrected chi connectivity index (χ0v) is 15.0. The molecule has 2 atom stereocenters. The highest BCUT2D eigenvalue weighted by atomic mass is 16.5. The van der Waals surface area contributed by atoms with Gasteiger partial charge in [0.25, 0.3) is 11.8 Å². The van der Waals surface area contributed by atoms with Crippen LogP contribution in [0.15, 0.2) is 28.8 Å². The molecule has 6 heteroatoms. The van der Waals surface area contributed by atoms with E-state index < -0.39 is 5.60 Å². The number of hydrogen-bond donors (Lipinski definition) is 2. The minimum atomic E-state index is -0.923. The first kappa shape index (κ1) is 17.6. The molecule has 134 valence electrons. The maximum Gasteiger partial charge on any atom is 0.257 e. The maximum atomic E-state index is 12.3. The van der Waals surface area contributed by atoms with Gasteiger partial charge in [0.15, 0.2) is 5.82 Å². The van der Waals surface area contributed by atoms with Gasteiger partial charge in [-0.15, -0.1) is 0 Å². The van der Waals surface area contributed by atoms with E-state index in [0.29, 0.717) is 17.4 Å². The Morgan fingerprint density at radius 3 is 2.68 bits per heavy atom. The lowest BCUT2D eigenvalue weighted by Crippen LogP contribution is -2.45. The van der Waals surface area contributed by atoms with Crippen molar-refractivity contribution in [3.63, 3.8) is 0 Å². The molecule has 1 aromatic heterocycles. The Balaban J connectivity index is 1.62. The van der Waals surface area contributed by atoms with Gasteiger partial charge in [-0.05, 0) is 49.9 Å². The predicted molar refractivity (Wildman–Crippen MR) is 94.1 cm³/mol. The van der Waals surface area contributed by atoms with Crippen LogP contribution in [0.5, 0.6) is 0 Å². The molecule has 6 nitrogen and oxygen atoms in total. The summed E-state index contributed by atoms with van der Waals surface area (Å²) in [6, 6.07) is 7.05. The first-order valence-corrected chi connectivity index (χ1v) is 8.85. The number of nitrogens with one attached hydrogen (secondary N) is 1. The normalized spacial score (nSPS) is 17.8. The summed E-state index contributed by atoms with van der Waals surface area (Å²) >= 11 is 0. The molecule has 1 saturated carbocycles. The van der Waals surface area contributed by atoms with Crippen LogP contribution in [-0.4, -0.2) is 33.3 Å². The molecule has 3 rings (SSSR count). The lowest BCUT2D eigenvalue weighted by Gasteiger charge is -2.29. The van der Waals surface area contributed by atoms with E-state index in [4.69, 9.17) is 4.52 Å². The molecule has 1 fully saturated rings. The fourth-order valence-electron chi connectivity index (χ4n) is 2.60. The number of hydrogen-bond acceptors (Lipinski definition) is 5. The van der Waals surface area contributed by atoms with Crippen molar-refractivity contribution in [2.75, 3.05) is 6.54 Å². The Morgan fingerprint density at radius 2 is 2.08 bits per heavy atom. The Kier molecular flexibility index (Phi) is 4.90. The monoisotopic (exact) mass is 343 g/mol. The summed E-state index contributed by atoms with van der Waals surface area (Å²) in [4.78, 5) is 16.7. The first-order chi connectivity index (χ1) is 11.9. The van der Waals surface area contributed by atoms with Crippen molar-refractivity contribution in [1.29, 1.82) is 0 Å². The summed E-state index contributed by atoms with van der Waals surface area (Å²) in [5.74, 6) is 1.59. The van der Waals surface area contributed by atoms with Crippen molar-refractivity contribution in [3.8, 4) is 11.5 Å². The Hall–Kier alpha value is -2.21. The molecule has 0 radical (unpaired) electrons. The minimum absolute atomic E-state index is 0.105. The third kappa shape index (κ3) is 4.07. The zero-order valence-electron chi connectivity index (χ0n) is 15.0. The van der Waals surface area contributed by atoms with Crippen LogP contribution in [0.25, 0.3) is 11.5 Å². The molecule has 1 amide bonds. The topological polar surface area (TPSA) is 88.2 Å². The third-order valence-electron chi connectivity index (χ3n) is 5.06. The van der Waals surface area contributed by atoms with Crippen molar-refractivity contribution in [2.24, 2.45) is 5.92 Å². The molecule has 2 unspecified atom stereocenters. The summed E-state index contributed by atoms with van der Waals surface area (Å²) in [6.45, 7) is 5.96. The molecule has 2 aromatic rings. The number of amides is 1. The zero-order chi connectivity index (χ0) is 18.0. The highest BCUT2D eigenvalue weighted by Gasteiger charge is 2.29. The molecule has 0 saturated heterocycles. The summed E-state index contributed by atoms with van der Waals surface area (Å²) in [5.41, 5.74) is 0.404. The Labute approximate surface area is 147 Å². The van der Waals surface area contributed by atoms with Gasteiger partial charge < -0.3 is 14.9 Å². The van der Waals surface area contributed by atoms with E-state index in [1.165, 1.54) is 0 Å². The largest absolute Gasteiger partial charge is 0.388 e. The van der Waals surface area contributed by atoms with E-state index in [-0.39, 0.29) is 18.4 Å². The molecule has 0 spiro atoms. The predicted octanol–water partition coefficient (Wildman–Crippen LogP) is 3.14. The average molecular weight is 343 g/mol. The van der Waals surface area contributed by atoms with Crippen LogP contribution in [0.1, 0.15) is 62.1 Å². The van der Waals surface area contributed by atoms with Gasteiger partial charge in [0.05, 0.1) is 5.60 Å². The molecular formula is C19H25N3O3. The van der Waals surface area contributed by atoms with Crippen LogP contribution in [0.2, 0.25) is 0 Å². The standard InChI is InChI=1S/C19H25N3O3/c1-4-12(2)19(3,24)11-20-17(23)14-7-9-15(10-8-14)18-21-16(22-25-18)13-5-6-13/h7-10,12-13,24H,4-6,11H2,1-3H3,(H,20,23). The van der Waals surface area contributed by atoms with Crippen LogP contribution in [0, 0.1) is 5.92 Å². The van der Waals surface area contributed by atoms with Gasteiger partial charge in [-0.25, -0.2) is 0 Å². The number of nitrogens with zero attached hydrogens (tertiary/aromatic N) is 2. The molecule has 0 aliphatic heterocycles. The second-order valence-electron chi connectivity index (χ2n) is 7.16. The van der Waals surface area contributed by atoms with E-state index in [1.54, 1.807) is 31.2 Å². The summed E-state index contributed by atoms with van der Waals surface area (Å²) in [5, 5.41) is 17.2. The first-order valence-electron chi connectivity index (χ1n) is 8.85. The lowest BCUT2D eigenvalue weighted by molar-refractivity contribution is 0.00593. The smallest absolute Gasteiger partial charge is 0.257 e. The van der Waals surface area contributed by atoms with Crippen LogP contribution in [0.3, 0.4) is 0 Å². The van der Waals surface area contributed by atoms with Gasteiger partial charge in [0.1, 0.15) is 0 Å². The van der Waals surface area contributed by atoms with Crippen molar-refractivity contribution in [2.45, 2.75) is 51.6 Å². The number of carbonyl (C=O) groups is 1. The van der Waals surface area contributed by atoms with Gasteiger partial charge in [0.2, 0.25) is 0 Å². The lowest BCUT2D eigenvalue weighted by atomic mass is 9.88. The van der Waals surface area contributed by atoms with Crippen molar-refractivity contribution >= 4 is 5.91 Å². The van der Waals surface area contributed by atoms with E-state index in [2.05, 4.69) is 15.5 Å². The van der Waals surface area contributed by atoms with Crippen LogP contribution < -0.4 is 5.32 Å². The number of benzene rings is 1. The molecule has 1 heterocycles. The number of aromatic nitrogens is 2. The van der Waals surface area contributed by atoms with Crippen LogP contribution >= 0.6 is 0 Å². The second kappa shape index (κ2) is 6.96. The van der Waals surface area contributed by atoms with E-state index in [1.807, 2.05) is 13.8 Å². The molecule has 1 aromatic carbocycles. The molecular weight excluding hydrogens is 318 g/mol. The van der Waals surface area contributed by atoms with Gasteiger partial charge in [-0.3, -0.25) is 4.79 Å². The second-order valence-corrected chi connectivity index (χ2v) is 7.16. The number of carbonyl (C=O) groups excluding carboxylic acids is 1. The highest BCUT2D eigenvalue weighted by Crippen LogP contribution is 2.38. The van der Waals surface area contributed by atoms with Gasteiger partial charge >= 0.3 is 0 Å². The van der Waals surface area contributed by atoms with Gasteiger partial charge in [0, 0.05) is 23.6 Å². The molecule has 0 bridgehead atoms. The quantitative estimate of drug-likeness (QED) is 0.806. The molecule has 2 N–H and O–H groups in total. The molecule has 25 heavy (non-hydrogen) atoms. The average Bonchev–Trinajstić information content (AvgIpc) is 3.36. The van der Waals surface area contributed by atoms with Crippen molar-refractivity contribution in [3.05, 3.63) is 35.7 Å². The fourth-order valence-corrected chi connectivity index (χ4v) is 2.60.